The van der Waals surface area contributed by atoms with Gasteiger partial charge < -0.3 is 28.8 Å². The van der Waals surface area contributed by atoms with E-state index in [0.29, 0.717) is 23.8 Å². The first kappa shape index (κ1) is 32.7. The second kappa shape index (κ2) is 15.0. The van der Waals surface area contributed by atoms with Crippen LogP contribution in [-0.4, -0.2) is 83.7 Å². The highest BCUT2D eigenvalue weighted by molar-refractivity contribution is 7.92. The Bertz CT molecular complexity index is 1540. The Morgan fingerprint density at radius 1 is 1.02 bits per heavy atom. The molecule has 0 aromatic heterocycles. The SMILES string of the molecule is C=CCN1CC(=O)N2[C@@H](Cc3ccc(OSN)cc3)C(=O)N(Cc3cccc(OC)c3OC)C[C@@H]2N1C(=O)NCc1ccccc1. The maximum absolute atomic E-state index is 14.3. The summed E-state index contributed by atoms with van der Waals surface area (Å²) >= 11 is 0.740. The Morgan fingerprint density at radius 3 is 2.46 bits per heavy atom. The summed E-state index contributed by atoms with van der Waals surface area (Å²) in [6, 6.07) is 21.0. The predicted molar refractivity (Wildman–Crippen MR) is 174 cm³/mol. The summed E-state index contributed by atoms with van der Waals surface area (Å²) in [5.41, 5.74) is 2.47. The van der Waals surface area contributed by atoms with Crippen LogP contribution in [0.15, 0.2) is 85.5 Å². The van der Waals surface area contributed by atoms with Gasteiger partial charge in [-0.1, -0.05) is 60.7 Å². The number of ether oxygens (including phenoxy) is 2. The van der Waals surface area contributed by atoms with Gasteiger partial charge in [-0.25, -0.2) is 20.0 Å². The normalized spacial score (nSPS) is 18.2. The van der Waals surface area contributed by atoms with Crippen LogP contribution in [0, 0.1) is 0 Å². The van der Waals surface area contributed by atoms with Gasteiger partial charge in [-0.2, -0.15) is 0 Å². The molecule has 0 unspecified atom stereocenters. The lowest BCUT2D eigenvalue weighted by atomic mass is 9.98. The smallest absolute Gasteiger partial charge is 0.334 e. The molecular formula is C33H38N6O6S. The first-order valence-electron chi connectivity index (χ1n) is 14.8. The number of amides is 4. The Hall–Kier alpha value is -4.72. The van der Waals surface area contributed by atoms with Crippen LogP contribution in [0.5, 0.6) is 17.2 Å². The van der Waals surface area contributed by atoms with Gasteiger partial charge in [0.25, 0.3) is 0 Å². The molecule has 0 aliphatic carbocycles. The lowest BCUT2D eigenvalue weighted by Crippen LogP contribution is -2.76. The highest BCUT2D eigenvalue weighted by Gasteiger charge is 2.51. The fourth-order valence-electron chi connectivity index (χ4n) is 5.94. The Labute approximate surface area is 273 Å². The average Bonchev–Trinajstić information content (AvgIpc) is 3.07. The molecule has 242 valence electrons. The number of nitrogens with one attached hydrogen (secondary N) is 1. The van der Waals surface area contributed by atoms with Gasteiger partial charge in [0.05, 0.1) is 27.3 Å². The zero-order chi connectivity index (χ0) is 32.6. The van der Waals surface area contributed by atoms with E-state index in [4.69, 9.17) is 18.8 Å². The monoisotopic (exact) mass is 646 g/mol. The largest absolute Gasteiger partial charge is 0.493 e. The molecule has 0 spiro atoms. The second-order valence-electron chi connectivity index (χ2n) is 10.8. The maximum atomic E-state index is 14.3. The number of urea groups is 1. The van der Waals surface area contributed by atoms with Crippen molar-refractivity contribution in [2.24, 2.45) is 5.14 Å². The average molecular weight is 647 g/mol. The van der Waals surface area contributed by atoms with Crippen LogP contribution < -0.4 is 24.1 Å². The van der Waals surface area contributed by atoms with Crippen molar-refractivity contribution in [2.45, 2.75) is 31.7 Å². The Kier molecular flexibility index (Phi) is 10.7. The number of hydrogen-bond donors (Lipinski definition) is 2. The van der Waals surface area contributed by atoms with E-state index in [2.05, 4.69) is 11.9 Å². The third-order valence-electron chi connectivity index (χ3n) is 8.01. The summed E-state index contributed by atoms with van der Waals surface area (Å²) in [5.74, 6) is 1.11. The van der Waals surface area contributed by atoms with E-state index in [1.165, 1.54) is 0 Å². The van der Waals surface area contributed by atoms with Crippen molar-refractivity contribution in [3.8, 4) is 17.2 Å². The van der Waals surface area contributed by atoms with Gasteiger partial charge in [-0.05, 0) is 29.3 Å². The van der Waals surface area contributed by atoms with Gasteiger partial charge in [0.15, 0.2) is 11.5 Å². The number of carbonyl (C=O) groups excluding carboxylic acids is 3. The molecule has 46 heavy (non-hydrogen) atoms. The van der Waals surface area contributed by atoms with Crippen LogP contribution in [0.25, 0.3) is 0 Å². The number of nitrogens with two attached hydrogens (primary N) is 1. The molecule has 2 atom stereocenters. The van der Waals surface area contributed by atoms with E-state index in [-0.39, 0.29) is 50.4 Å². The molecule has 13 heteroatoms. The van der Waals surface area contributed by atoms with Gasteiger partial charge in [-0.15, -0.1) is 6.58 Å². The molecule has 3 aromatic rings. The third kappa shape index (κ3) is 7.06. The number of methoxy groups -OCH3 is 2. The molecule has 5 rings (SSSR count). The highest BCUT2D eigenvalue weighted by Crippen LogP contribution is 2.34. The number of piperazine rings is 1. The van der Waals surface area contributed by atoms with Gasteiger partial charge in [-0.3, -0.25) is 9.59 Å². The molecule has 2 aliphatic rings. The molecular weight excluding hydrogens is 608 g/mol. The van der Waals surface area contributed by atoms with E-state index in [1.807, 2.05) is 54.6 Å². The quantitative estimate of drug-likeness (QED) is 0.173. The summed E-state index contributed by atoms with van der Waals surface area (Å²) < 4.78 is 16.5. The lowest BCUT2D eigenvalue weighted by molar-refractivity contribution is -0.189. The van der Waals surface area contributed by atoms with Crippen LogP contribution in [0.2, 0.25) is 0 Å². The first-order valence-corrected chi connectivity index (χ1v) is 15.6. The topological polar surface area (TPSA) is 130 Å². The number of carbonyl (C=O) groups is 3. The molecule has 2 heterocycles. The van der Waals surface area contributed by atoms with Crippen molar-refractivity contribution in [3.05, 3.63) is 102 Å². The number of hydrogen-bond acceptors (Lipinski definition) is 9. The first-order chi connectivity index (χ1) is 22.4. The van der Waals surface area contributed by atoms with Crippen LogP contribution in [-0.2, 0) is 29.1 Å². The lowest BCUT2D eigenvalue weighted by Gasteiger charge is -2.55. The predicted octanol–water partition coefficient (Wildman–Crippen LogP) is 3.34. The molecule has 12 nitrogen and oxygen atoms in total. The molecule has 3 aromatic carbocycles. The minimum atomic E-state index is -0.881. The zero-order valence-electron chi connectivity index (χ0n) is 25.8. The van der Waals surface area contributed by atoms with Gasteiger partial charge in [0.2, 0.25) is 11.8 Å². The number of rotatable bonds is 12. The fourth-order valence-corrected chi connectivity index (χ4v) is 6.16. The molecule has 2 saturated heterocycles. The molecule has 4 amide bonds. The second-order valence-corrected chi connectivity index (χ2v) is 11.2. The molecule has 2 fully saturated rings. The minimum absolute atomic E-state index is 0.0777. The number of para-hydroxylation sites is 1. The van der Waals surface area contributed by atoms with Gasteiger partial charge in [0, 0.05) is 31.6 Å². The number of fused-ring (bicyclic) bond motifs is 1. The number of hydrazine groups is 1. The van der Waals surface area contributed by atoms with Crippen LogP contribution in [0.3, 0.4) is 0 Å². The summed E-state index contributed by atoms with van der Waals surface area (Å²) in [6.07, 6.45) is 1.09. The van der Waals surface area contributed by atoms with Crippen molar-refractivity contribution in [3.63, 3.8) is 0 Å². The molecule has 0 saturated carbocycles. The number of nitrogens with zero attached hydrogens (tertiary/aromatic N) is 4. The van der Waals surface area contributed by atoms with Crippen molar-refractivity contribution >= 4 is 30.1 Å². The Morgan fingerprint density at radius 2 is 1.78 bits per heavy atom. The summed E-state index contributed by atoms with van der Waals surface area (Å²) in [5, 5.41) is 11.7. The minimum Gasteiger partial charge on any atom is -0.493 e. The summed E-state index contributed by atoms with van der Waals surface area (Å²) in [4.78, 5) is 45.3. The summed E-state index contributed by atoms with van der Waals surface area (Å²) in [6.45, 7) is 4.57. The summed E-state index contributed by atoms with van der Waals surface area (Å²) in [7, 11) is 3.10. The third-order valence-corrected chi connectivity index (χ3v) is 8.30. The van der Waals surface area contributed by atoms with Crippen LogP contribution in [0.1, 0.15) is 16.7 Å². The molecule has 3 N–H and O–H groups in total. The zero-order valence-corrected chi connectivity index (χ0v) is 26.7. The standard InChI is InChI=1S/C33H38N6O6S/c1-4-17-37-22-30(40)38-27(18-23-13-15-26(16-14-23)45-46-34)32(41)36(20-25-11-8-12-28(43-2)31(25)44-3)21-29(38)39(37)33(42)35-19-24-9-6-5-7-10-24/h4-16,27,29H,1,17-22,34H2,2-3H3,(H,35,42)/t27-,29-/m0/s1. The Balaban J connectivity index is 1.51. The van der Waals surface area contributed by atoms with Crippen LogP contribution in [0.4, 0.5) is 4.79 Å². The molecule has 2 aliphatic heterocycles. The highest BCUT2D eigenvalue weighted by atomic mass is 32.2. The maximum Gasteiger partial charge on any atom is 0.334 e. The van der Waals surface area contributed by atoms with E-state index in [9.17, 15) is 14.4 Å². The van der Waals surface area contributed by atoms with Crippen LogP contribution >= 0.6 is 12.2 Å². The van der Waals surface area contributed by atoms with E-state index in [0.717, 1.165) is 28.9 Å². The van der Waals surface area contributed by atoms with Crippen molar-refractivity contribution in [2.75, 3.05) is 33.9 Å². The van der Waals surface area contributed by atoms with Crippen molar-refractivity contribution in [1.29, 1.82) is 0 Å². The number of benzene rings is 3. The molecule has 0 radical (unpaired) electrons. The van der Waals surface area contributed by atoms with Crippen molar-refractivity contribution in [1.82, 2.24) is 25.1 Å². The van der Waals surface area contributed by atoms with Crippen molar-refractivity contribution < 1.29 is 28.0 Å². The fraction of sp³-hybridized carbons (Fsp3) is 0.303. The molecule has 0 bridgehead atoms. The van der Waals surface area contributed by atoms with E-state index in [1.54, 1.807) is 58.3 Å². The van der Waals surface area contributed by atoms with E-state index < -0.39 is 12.2 Å². The van der Waals surface area contributed by atoms with Gasteiger partial charge in [0.1, 0.15) is 30.2 Å². The van der Waals surface area contributed by atoms with Gasteiger partial charge >= 0.3 is 6.03 Å². The van der Waals surface area contributed by atoms with E-state index >= 15 is 0 Å².